The Bertz CT molecular complexity index is 702. The molecule has 26 heavy (non-hydrogen) atoms. The number of carbonyl (C=O) groups is 2. The number of aliphatic hydroxyl groups is 2. The van der Waals surface area contributed by atoms with Gasteiger partial charge in [-0.1, -0.05) is 13.8 Å². The van der Waals surface area contributed by atoms with Gasteiger partial charge in [0.1, 0.15) is 11.8 Å². The van der Waals surface area contributed by atoms with Gasteiger partial charge in [-0.15, -0.1) is 0 Å². The first-order chi connectivity index (χ1) is 12.0. The molecule has 0 radical (unpaired) electrons. The molecule has 5 heteroatoms. The van der Waals surface area contributed by atoms with Crippen LogP contribution in [0, 0.1) is 28.6 Å². The predicted molar refractivity (Wildman–Crippen MR) is 94.0 cm³/mol. The van der Waals surface area contributed by atoms with Crippen LogP contribution in [0.2, 0.25) is 0 Å². The Hall–Kier alpha value is -1.07. The van der Waals surface area contributed by atoms with Gasteiger partial charge in [0.25, 0.3) is 0 Å². The molecule has 8 atom stereocenters. The van der Waals surface area contributed by atoms with E-state index >= 15 is 4.39 Å². The minimum atomic E-state index is -1.44. The van der Waals surface area contributed by atoms with Crippen LogP contribution in [0.4, 0.5) is 4.39 Å². The second-order valence-electron chi connectivity index (χ2n) is 9.63. The lowest BCUT2D eigenvalue weighted by molar-refractivity contribution is -0.182. The number of hydrogen-bond donors (Lipinski definition) is 2. The first kappa shape index (κ1) is 18.3. The molecule has 0 aromatic carbocycles. The molecule has 0 bridgehead atoms. The lowest BCUT2D eigenvalue weighted by atomic mass is 9.45. The fourth-order valence-corrected chi connectivity index (χ4v) is 7.28. The molecule has 3 saturated carbocycles. The van der Waals surface area contributed by atoms with Gasteiger partial charge in [0.2, 0.25) is 0 Å². The van der Waals surface area contributed by atoms with Crippen molar-refractivity contribution in [3.05, 3.63) is 11.6 Å². The SMILES string of the molecule is CC(=O)[C@]1(O)CC[C@H]2[C@@H]3C[C@H](F)C4=CC(=O)CC[C@]4(C)[C@H]3[C@H](O)C[C@@]21C. The van der Waals surface area contributed by atoms with Gasteiger partial charge in [0.15, 0.2) is 11.6 Å². The van der Waals surface area contributed by atoms with E-state index in [1.165, 1.54) is 13.0 Å². The molecular weight excluding hydrogens is 335 g/mol. The molecule has 4 aliphatic rings. The van der Waals surface area contributed by atoms with E-state index in [1.807, 2.05) is 13.8 Å². The molecule has 3 fully saturated rings. The number of alkyl halides is 1. The molecule has 2 N–H and O–H groups in total. The summed E-state index contributed by atoms with van der Waals surface area (Å²) < 4.78 is 15.1. The van der Waals surface area contributed by atoms with Gasteiger partial charge in [0.05, 0.1) is 6.10 Å². The van der Waals surface area contributed by atoms with Gasteiger partial charge in [-0.05, 0) is 73.8 Å². The lowest BCUT2D eigenvalue weighted by Crippen LogP contribution is -2.62. The number of carbonyl (C=O) groups excluding carboxylic acids is 2. The molecule has 0 aliphatic heterocycles. The van der Waals surface area contributed by atoms with E-state index in [0.29, 0.717) is 37.7 Å². The summed E-state index contributed by atoms with van der Waals surface area (Å²) in [5.74, 6) is -0.473. The fourth-order valence-electron chi connectivity index (χ4n) is 7.28. The van der Waals surface area contributed by atoms with E-state index in [1.54, 1.807) is 0 Å². The maximum atomic E-state index is 15.1. The van der Waals surface area contributed by atoms with Crippen LogP contribution < -0.4 is 0 Å². The second kappa shape index (κ2) is 5.48. The van der Waals surface area contributed by atoms with E-state index < -0.39 is 28.7 Å². The zero-order valence-corrected chi connectivity index (χ0v) is 15.8. The van der Waals surface area contributed by atoms with E-state index in [9.17, 15) is 19.8 Å². The van der Waals surface area contributed by atoms with Gasteiger partial charge in [-0.2, -0.15) is 0 Å². The van der Waals surface area contributed by atoms with Crippen molar-refractivity contribution >= 4 is 11.6 Å². The Morgan fingerprint density at radius 3 is 2.65 bits per heavy atom. The Morgan fingerprint density at radius 2 is 2.00 bits per heavy atom. The quantitative estimate of drug-likeness (QED) is 0.750. The van der Waals surface area contributed by atoms with E-state index in [-0.39, 0.29) is 35.7 Å². The number of halogens is 1. The number of allylic oxidation sites excluding steroid dienone is 1. The van der Waals surface area contributed by atoms with Gasteiger partial charge in [0, 0.05) is 11.8 Å². The predicted octanol–water partition coefficient (Wildman–Crippen LogP) is 2.76. The van der Waals surface area contributed by atoms with Crippen molar-refractivity contribution in [3.8, 4) is 0 Å². The van der Waals surface area contributed by atoms with Crippen molar-refractivity contribution < 1.29 is 24.2 Å². The first-order valence-corrected chi connectivity index (χ1v) is 9.85. The molecule has 4 rings (SSSR count). The molecule has 0 spiro atoms. The zero-order chi connectivity index (χ0) is 19.1. The summed E-state index contributed by atoms with van der Waals surface area (Å²) in [6, 6.07) is 0. The van der Waals surface area contributed by atoms with Gasteiger partial charge in [-0.3, -0.25) is 9.59 Å². The standard InChI is InChI=1S/C21H29FO4/c1-11(23)21(26)7-5-14-13-9-16(22)15-8-12(24)4-6-19(15,2)18(13)17(25)10-20(14,21)3/h8,13-14,16-18,25-26H,4-7,9-10H2,1-3H3/t13-,14-,16-,17+,18+,19-,20-,21+/m0/s1. The van der Waals surface area contributed by atoms with Crippen LogP contribution in [0.3, 0.4) is 0 Å². The average molecular weight is 364 g/mol. The highest BCUT2D eigenvalue weighted by Crippen LogP contribution is 2.67. The summed E-state index contributed by atoms with van der Waals surface area (Å²) in [6.07, 6.45) is 2.22. The molecule has 144 valence electrons. The maximum absolute atomic E-state index is 15.1. The second-order valence-corrected chi connectivity index (χ2v) is 9.63. The van der Waals surface area contributed by atoms with E-state index in [4.69, 9.17) is 0 Å². The third-order valence-corrected chi connectivity index (χ3v) is 8.61. The number of rotatable bonds is 1. The molecular formula is C21H29FO4. The molecule has 4 nitrogen and oxygen atoms in total. The molecule has 0 unspecified atom stereocenters. The summed E-state index contributed by atoms with van der Waals surface area (Å²) in [6.45, 7) is 5.31. The van der Waals surface area contributed by atoms with Crippen LogP contribution >= 0.6 is 0 Å². The van der Waals surface area contributed by atoms with Crippen molar-refractivity contribution in [2.75, 3.05) is 0 Å². The van der Waals surface area contributed by atoms with E-state index in [0.717, 1.165) is 0 Å². The minimum Gasteiger partial charge on any atom is -0.393 e. The molecule has 0 saturated heterocycles. The monoisotopic (exact) mass is 364 g/mol. The number of Topliss-reactive ketones (excluding diaryl/α,β-unsaturated/α-hetero) is 1. The fraction of sp³-hybridized carbons (Fsp3) is 0.810. The largest absolute Gasteiger partial charge is 0.393 e. The molecule has 0 amide bonds. The Kier molecular flexibility index (Phi) is 3.86. The zero-order valence-electron chi connectivity index (χ0n) is 15.8. The molecule has 0 aromatic heterocycles. The third-order valence-electron chi connectivity index (χ3n) is 8.61. The van der Waals surface area contributed by atoms with Crippen molar-refractivity contribution in [2.45, 2.75) is 77.2 Å². The Labute approximate surface area is 153 Å². The van der Waals surface area contributed by atoms with Crippen LogP contribution in [-0.2, 0) is 9.59 Å². The lowest BCUT2D eigenvalue weighted by Gasteiger charge is -2.60. The topological polar surface area (TPSA) is 74.6 Å². The van der Waals surface area contributed by atoms with Crippen LogP contribution in [-0.4, -0.2) is 39.7 Å². The minimum absolute atomic E-state index is 0.0130. The number of hydrogen-bond acceptors (Lipinski definition) is 4. The normalized spacial score (nSPS) is 53.4. The maximum Gasteiger partial charge on any atom is 0.161 e. The van der Waals surface area contributed by atoms with Crippen molar-refractivity contribution in [3.63, 3.8) is 0 Å². The van der Waals surface area contributed by atoms with Gasteiger partial charge in [-0.25, -0.2) is 4.39 Å². The number of aliphatic hydroxyl groups excluding tert-OH is 1. The number of fused-ring (bicyclic) bond motifs is 5. The summed E-state index contributed by atoms with van der Waals surface area (Å²) in [5.41, 5.74) is -2.12. The molecule has 4 aliphatic carbocycles. The molecule has 0 aromatic rings. The summed E-state index contributed by atoms with van der Waals surface area (Å²) >= 11 is 0. The van der Waals surface area contributed by atoms with Crippen molar-refractivity contribution in [2.24, 2.45) is 28.6 Å². The average Bonchev–Trinajstić information content (AvgIpc) is 2.81. The van der Waals surface area contributed by atoms with Crippen LogP contribution in [0.15, 0.2) is 11.6 Å². The first-order valence-electron chi connectivity index (χ1n) is 9.85. The van der Waals surface area contributed by atoms with Crippen LogP contribution in [0.1, 0.15) is 59.3 Å². The summed E-state index contributed by atoms with van der Waals surface area (Å²) in [4.78, 5) is 24.1. The smallest absolute Gasteiger partial charge is 0.161 e. The van der Waals surface area contributed by atoms with Gasteiger partial charge < -0.3 is 10.2 Å². The van der Waals surface area contributed by atoms with Crippen LogP contribution in [0.25, 0.3) is 0 Å². The Balaban J connectivity index is 1.79. The summed E-state index contributed by atoms with van der Waals surface area (Å²) in [7, 11) is 0. The van der Waals surface area contributed by atoms with Crippen molar-refractivity contribution in [1.82, 2.24) is 0 Å². The van der Waals surface area contributed by atoms with Crippen LogP contribution in [0.5, 0.6) is 0 Å². The van der Waals surface area contributed by atoms with Crippen molar-refractivity contribution in [1.29, 1.82) is 0 Å². The Morgan fingerprint density at radius 1 is 1.31 bits per heavy atom. The highest BCUT2D eigenvalue weighted by molar-refractivity contribution is 5.92. The van der Waals surface area contributed by atoms with E-state index in [2.05, 4.69) is 0 Å². The highest BCUT2D eigenvalue weighted by Gasteiger charge is 2.68. The molecule has 0 heterocycles. The highest BCUT2D eigenvalue weighted by atomic mass is 19.1. The number of ketones is 2. The van der Waals surface area contributed by atoms with Gasteiger partial charge >= 0.3 is 0 Å². The third kappa shape index (κ3) is 2.07. The summed E-state index contributed by atoms with van der Waals surface area (Å²) in [5, 5.41) is 22.2.